The first-order valence-corrected chi connectivity index (χ1v) is 6.87. The highest BCUT2D eigenvalue weighted by Crippen LogP contribution is 2.35. The lowest BCUT2D eigenvalue weighted by Gasteiger charge is -2.36. The van der Waals surface area contributed by atoms with E-state index in [2.05, 4.69) is 30.4 Å². The second kappa shape index (κ2) is 4.59. The van der Waals surface area contributed by atoms with Gasteiger partial charge in [-0.15, -0.1) is 0 Å². The Balaban J connectivity index is 1.84. The van der Waals surface area contributed by atoms with E-state index in [4.69, 9.17) is 4.74 Å². The van der Waals surface area contributed by atoms with E-state index in [1.165, 1.54) is 49.8 Å². The van der Waals surface area contributed by atoms with Gasteiger partial charge in [-0.3, -0.25) is 0 Å². The van der Waals surface area contributed by atoms with Crippen LogP contribution in [0.4, 0.5) is 5.69 Å². The van der Waals surface area contributed by atoms with E-state index in [0.29, 0.717) is 12.1 Å². The summed E-state index contributed by atoms with van der Waals surface area (Å²) < 4.78 is 6.16. The molecule has 2 heteroatoms. The number of benzene rings is 1. The minimum Gasteiger partial charge on any atom is -0.486 e. The molecule has 0 amide bonds. The van der Waals surface area contributed by atoms with Gasteiger partial charge in [0.1, 0.15) is 11.9 Å². The molecule has 92 valence electrons. The Labute approximate surface area is 103 Å². The molecule has 2 atom stereocenters. The highest BCUT2D eigenvalue weighted by atomic mass is 16.5. The molecule has 0 bridgehead atoms. The summed E-state index contributed by atoms with van der Waals surface area (Å²) in [5.41, 5.74) is 2.48. The third-order valence-electron chi connectivity index (χ3n) is 3.96. The van der Waals surface area contributed by atoms with E-state index >= 15 is 0 Å². The number of fused-ring (bicyclic) bond motifs is 2. The summed E-state index contributed by atoms with van der Waals surface area (Å²) in [4.78, 5) is 0. The summed E-state index contributed by atoms with van der Waals surface area (Å²) in [5, 5.41) is 3.68. The van der Waals surface area contributed by atoms with Gasteiger partial charge >= 0.3 is 0 Å². The standard InChI is InChI=1S/C15H21NO/c1-11-8-9-15-13(10-11)16-12-6-4-2-3-5-7-14(12)17-15/h8-10,12,14,16H,2-7H2,1H3. The van der Waals surface area contributed by atoms with Gasteiger partial charge in [-0.2, -0.15) is 0 Å². The molecular weight excluding hydrogens is 210 g/mol. The molecule has 3 rings (SSSR count). The van der Waals surface area contributed by atoms with Crippen LogP contribution in [0.1, 0.15) is 44.1 Å². The topological polar surface area (TPSA) is 21.3 Å². The summed E-state index contributed by atoms with van der Waals surface area (Å²) >= 11 is 0. The number of nitrogens with one attached hydrogen (secondary N) is 1. The maximum absolute atomic E-state index is 6.16. The molecular formula is C15H21NO. The second-order valence-electron chi connectivity index (χ2n) is 5.40. The van der Waals surface area contributed by atoms with Gasteiger partial charge in [-0.05, 0) is 43.9 Å². The Morgan fingerprint density at radius 1 is 1.12 bits per heavy atom. The summed E-state index contributed by atoms with van der Waals surface area (Å²) in [7, 11) is 0. The smallest absolute Gasteiger partial charge is 0.142 e. The molecule has 1 heterocycles. The molecule has 2 aliphatic rings. The van der Waals surface area contributed by atoms with Gasteiger partial charge in [0.05, 0.1) is 11.7 Å². The summed E-state index contributed by atoms with van der Waals surface area (Å²) in [5.74, 6) is 1.04. The van der Waals surface area contributed by atoms with E-state index in [-0.39, 0.29) is 0 Å². The summed E-state index contributed by atoms with van der Waals surface area (Å²) in [6.07, 6.45) is 8.22. The lowest BCUT2D eigenvalue weighted by Crippen LogP contribution is -2.42. The fourth-order valence-corrected chi connectivity index (χ4v) is 2.98. The first-order chi connectivity index (χ1) is 8.33. The van der Waals surface area contributed by atoms with Gasteiger partial charge in [0, 0.05) is 0 Å². The average molecular weight is 231 g/mol. The highest BCUT2D eigenvalue weighted by molar-refractivity contribution is 5.60. The van der Waals surface area contributed by atoms with E-state index in [1.807, 2.05) is 0 Å². The molecule has 1 saturated carbocycles. The maximum atomic E-state index is 6.16. The van der Waals surface area contributed by atoms with Crippen molar-refractivity contribution in [1.82, 2.24) is 0 Å². The van der Waals surface area contributed by atoms with E-state index in [9.17, 15) is 0 Å². The maximum Gasteiger partial charge on any atom is 0.142 e. The third kappa shape index (κ3) is 2.26. The first kappa shape index (κ1) is 10.9. The minimum atomic E-state index is 0.380. The molecule has 1 aromatic carbocycles. The lowest BCUT2D eigenvalue weighted by molar-refractivity contribution is 0.143. The van der Waals surface area contributed by atoms with Gasteiger partial charge in [-0.1, -0.05) is 25.3 Å². The van der Waals surface area contributed by atoms with Crippen LogP contribution in [-0.4, -0.2) is 12.1 Å². The van der Waals surface area contributed by atoms with Crippen LogP contribution in [0, 0.1) is 6.92 Å². The van der Waals surface area contributed by atoms with E-state index < -0.39 is 0 Å². The molecule has 0 aromatic heterocycles. The predicted octanol–water partition coefficient (Wildman–Crippen LogP) is 3.89. The molecule has 1 N–H and O–H groups in total. The average Bonchev–Trinajstić information content (AvgIpc) is 2.29. The molecule has 1 aliphatic heterocycles. The van der Waals surface area contributed by atoms with Crippen molar-refractivity contribution in [3.63, 3.8) is 0 Å². The van der Waals surface area contributed by atoms with E-state index in [0.717, 1.165) is 5.75 Å². The number of ether oxygens (including phenoxy) is 1. The normalized spacial score (nSPS) is 27.8. The Morgan fingerprint density at radius 2 is 1.94 bits per heavy atom. The molecule has 0 spiro atoms. The Bertz CT molecular complexity index is 402. The number of aryl methyl sites for hydroxylation is 1. The van der Waals surface area contributed by atoms with Crippen LogP contribution in [0.2, 0.25) is 0 Å². The molecule has 2 nitrogen and oxygen atoms in total. The van der Waals surface area contributed by atoms with E-state index in [1.54, 1.807) is 0 Å². The molecule has 0 radical (unpaired) electrons. The van der Waals surface area contributed by atoms with Crippen LogP contribution in [0.15, 0.2) is 18.2 Å². The number of hydrogen-bond donors (Lipinski definition) is 1. The molecule has 2 unspecified atom stereocenters. The van der Waals surface area contributed by atoms with Crippen molar-refractivity contribution in [2.24, 2.45) is 0 Å². The van der Waals surface area contributed by atoms with Crippen molar-refractivity contribution >= 4 is 5.69 Å². The molecule has 1 aromatic rings. The van der Waals surface area contributed by atoms with Crippen molar-refractivity contribution in [2.45, 2.75) is 57.6 Å². The van der Waals surface area contributed by atoms with Gasteiger partial charge in [-0.25, -0.2) is 0 Å². The number of anilines is 1. The van der Waals surface area contributed by atoms with Crippen molar-refractivity contribution in [2.75, 3.05) is 5.32 Å². The Hall–Kier alpha value is -1.18. The van der Waals surface area contributed by atoms with Crippen molar-refractivity contribution < 1.29 is 4.74 Å². The first-order valence-electron chi connectivity index (χ1n) is 6.87. The zero-order valence-electron chi connectivity index (χ0n) is 10.5. The minimum absolute atomic E-state index is 0.380. The van der Waals surface area contributed by atoms with Gasteiger partial charge < -0.3 is 10.1 Å². The largest absolute Gasteiger partial charge is 0.486 e. The van der Waals surface area contributed by atoms with Gasteiger partial charge in [0.2, 0.25) is 0 Å². The SMILES string of the molecule is Cc1ccc2c(c1)NC1CCCCCCC1O2. The summed E-state index contributed by atoms with van der Waals surface area (Å²) in [6, 6.07) is 6.95. The van der Waals surface area contributed by atoms with Crippen molar-refractivity contribution in [3.05, 3.63) is 23.8 Å². The molecule has 0 saturated heterocycles. The zero-order chi connectivity index (χ0) is 11.7. The number of rotatable bonds is 0. The van der Waals surface area contributed by atoms with Crippen LogP contribution < -0.4 is 10.1 Å². The van der Waals surface area contributed by atoms with Gasteiger partial charge in [0.25, 0.3) is 0 Å². The Morgan fingerprint density at radius 3 is 2.82 bits per heavy atom. The quantitative estimate of drug-likeness (QED) is 0.731. The fraction of sp³-hybridized carbons (Fsp3) is 0.600. The monoisotopic (exact) mass is 231 g/mol. The predicted molar refractivity (Wildman–Crippen MR) is 70.7 cm³/mol. The third-order valence-corrected chi connectivity index (χ3v) is 3.96. The van der Waals surface area contributed by atoms with Crippen LogP contribution in [-0.2, 0) is 0 Å². The zero-order valence-corrected chi connectivity index (χ0v) is 10.5. The van der Waals surface area contributed by atoms with Crippen LogP contribution in [0.25, 0.3) is 0 Å². The van der Waals surface area contributed by atoms with Crippen molar-refractivity contribution in [3.8, 4) is 5.75 Å². The van der Waals surface area contributed by atoms with Crippen LogP contribution in [0.3, 0.4) is 0 Å². The van der Waals surface area contributed by atoms with Gasteiger partial charge in [0.15, 0.2) is 0 Å². The van der Waals surface area contributed by atoms with Crippen LogP contribution >= 0.6 is 0 Å². The lowest BCUT2D eigenvalue weighted by atomic mass is 9.92. The fourth-order valence-electron chi connectivity index (χ4n) is 2.98. The van der Waals surface area contributed by atoms with Crippen LogP contribution in [0.5, 0.6) is 5.75 Å². The summed E-state index contributed by atoms with van der Waals surface area (Å²) in [6.45, 7) is 2.13. The van der Waals surface area contributed by atoms with Crippen molar-refractivity contribution in [1.29, 1.82) is 0 Å². The highest BCUT2D eigenvalue weighted by Gasteiger charge is 2.29. The molecule has 1 aliphatic carbocycles. The Kier molecular flexibility index (Phi) is 2.96. The number of hydrogen-bond acceptors (Lipinski definition) is 2. The molecule has 1 fully saturated rings. The second-order valence-corrected chi connectivity index (χ2v) is 5.40. The molecule has 17 heavy (non-hydrogen) atoms.